The molecule has 104 valence electrons. The van der Waals surface area contributed by atoms with Gasteiger partial charge in [-0.3, -0.25) is 4.79 Å². The molecular weight excluding hydrogens is 232 g/mol. The predicted octanol–water partition coefficient (Wildman–Crippen LogP) is 1.82. The fraction of sp³-hybridized carbons (Fsp3) is 0.846. The number of ether oxygens (including phenoxy) is 1. The zero-order valence-corrected chi connectivity index (χ0v) is 11.7. The highest BCUT2D eigenvalue weighted by Gasteiger charge is 2.33. The average molecular weight is 256 g/mol. The van der Waals surface area contributed by atoms with Gasteiger partial charge in [-0.25, -0.2) is 4.79 Å². The van der Waals surface area contributed by atoms with Gasteiger partial charge in [-0.1, -0.05) is 12.8 Å². The Bertz CT molecular complexity index is 310. The van der Waals surface area contributed by atoms with Crippen LogP contribution in [0.25, 0.3) is 0 Å². The van der Waals surface area contributed by atoms with Crippen molar-refractivity contribution in [1.29, 1.82) is 0 Å². The molecule has 2 N–H and O–H groups in total. The summed E-state index contributed by atoms with van der Waals surface area (Å²) < 4.78 is 4.60. The van der Waals surface area contributed by atoms with Crippen LogP contribution in [0.5, 0.6) is 0 Å². The normalized spacial score (nSPS) is 24.2. The van der Waals surface area contributed by atoms with Crippen LogP contribution in [-0.2, 0) is 9.53 Å². The molecule has 1 saturated carbocycles. The fourth-order valence-corrected chi connectivity index (χ4v) is 2.29. The molecule has 0 aromatic heterocycles. The summed E-state index contributed by atoms with van der Waals surface area (Å²) in [5.74, 6) is -0.138. The Balaban J connectivity index is 2.64. The second kappa shape index (κ2) is 6.07. The van der Waals surface area contributed by atoms with Gasteiger partial charge in [0.25, 0.3) is 0 Å². The molecule has 1 aliphatic rings. The maximum absolute atomic E-state index is 12.2. The van der Waals surface area contributed by atoms with E-state index in [1.807, 2.05) is 20.8 Å². The van der Waals surface area contributed by atoms with Crippen LogP contribution in [0.2, 0.25) is 0 Å². The summed E-state index contributed by atoms with van der Waals surface area (Å²) in [6.45, 7) is 5.86. The first-order chi connectivity index (χ1) is 8.33. The molecular formula is C13H24N2O3. The lowest BCUT2D eigenvalue weighted by Crippen LogP contribution is -2.52. The molecule has 2 amide bonds. The van der Waals surface area contributed by atoms with Gasteiger partial charge in [0, 0.05) is 11.6 Å². The van der Waals surface area contributed by atoms with E-state index in [-0.39, 0.29) is 23.4 Å². The first kappa shape index (κ1) is 14.8. The Morgan fingerprint density at radius 1 is 1.17 bits per heavy atom. The lowest BCUT2D eigenvalue weighted by Gasteiger charge is -2.33. The standard InChI is InChI=1S/C13H24N2O3/c1-13(2,3)15-11(16)9-7-5-6-8-10(9)14-12(17)18-4/h9-10H,5-8H2,1-4H3,(H,14,17)(H,15,16). The largest absolute Gasteiger partial charge is 0.453 e. The first-order valence-electron chi connectivity index (χ1n) is 6.50. The predicted molar refractivity (Wildman–Crippen MR) is 69.2 cm³/mol. The van der Waals surface area contributed by atoms with Gasteiger partial charge in [-0.2, -0.15) is 0 Å². The van der Waals surface area contributed by atoms with Crippen molar-refractivity contribution in [3.8, 4) is 0 Å². The van der Waals surface area contributed by atoms with Crippen molar-refractivity contribution in [1.82, 2.24) is 10.6 Å². The molecule has 0 spiro atoms. The third-order valence-electron chi connectivity index (χ3n) is 3.09. The van der Waals surface area contributed by atoms with E-state index in [2.05, 4.69) is 15.4 Å². The minimum atomic E-state index is -0.463. The van der Waals surface area contributed by atoms with Gasteiger partial charge in [0.2, 0.25) is 5.91 Å². The lowest BCUT2D eigenvalue weighted by molar-refractivity contribution is -0.128. The smallest absolute Gasteiger partial charge is 0.407 e. The van der Waals surface area contributed by atoms with Gasteiger partial charge in [-0.05, 0) is 33.6 Å². The topological polar surface area (TPSA) is 67.4 Å². The number of carbonyl (C=O) groups is 2. The summed E-state index contributed by atoms with van der Waals surface area (Å²) in [6.07, 6.45) is 3.25. The van der Waals surface area contributed by atoms with Crippen LogP contribution in [-0.4, -0.2) is 30.7 Å². The number of rotatable bonds is 2. The van der Waals surface area contributed by atoms with Crippen molar-refractivity contribution in [2.75, 3.05) is 7.11 Å². The average Bonchev–Trinajstić information content (AvgIpc) is 2.27. The molecule has 0 saturated heterocycles. The number of hydrogen-bond donors (Lipinski definition) is 2. The molecule has 5 nitrogen and oxygen atoms in total. The number of carbonyl (C=O) groups excluding carboxylic acids is 2. The molecule has 0 aromatic rings. The maximum Gasteiger partial charge on any atom is 0.407 e. The Labute approximate surface area is 109 Å². The quantitative estimate of drug-likeness (QED) is 0.792. The second-order valence-corrected chi connectivity index (χ2v) is 5.87. The molecule has 2 unspecified atom stereocenters. The Kier molecular flexibility index (Phi) is 4.99. The summed E-state index contributed by atoms with van der Waals surface area (Å²) >= 11 is 0. The SMILES string of the molecule is COC(=O)NC1CCCCC1C(=O)NC(C)(C)C. The van der Waals surface area contributed by atoms with E-state index in [9.17, 15) is 9.59 Å². The van der Waals surface area contributed by atoms with E-state index in [0.717, 1.165) is 25.7 Å². The molecule has 0 radical (unpaired) electrons. The molecule has 1 fully saturated rings. The molecule has 18 heavy (non-hydrogen) atoms. The Morgan fingerprint density at radius 2 is 1.78 bits per heavy atom. The number of alkyl carbamates (subject to hydrolysis) is 1. The van der Waals surface area contributed by atoms with Crippen LogP contribution in [0.15, 0.2) is 0 Å². The number of methoxy groups -OCH3 is 1. The van der Waals surface area contributed by atoms with Gasteiger partial charge >= 0.3 is 6.09 Å². The van der Waals surface area contributed by atoms with Gasteiger partial charge in [0.1, 0.15) is 0 Å². The van der Waals surface area contributed by atoms with Crippen molar-refractivity contribution < 1.29 is 14.3 Å². The van der Waals surface area contributed by atoms with Crippen molar-refractivity contribution >= 4 is 12.0 Å². The Hall–Kier alpha value is -1.26. The van der Waals surface area contributed by atoms with E-state index in [1.165, 1.54) is 7.11 Å². The van der Waals surface area contributed by atoms with Crippen LogP contribution in [0.4, 0.5) is 4.79 Å². The van der Waals surface area contributed by atoms with Gasteiger partial charge < -0.3 is 15.4 Å². The summed E-state index contributed by atoms with van der Waals surface area (Å²) in [6, 6.07) is -0.117. The van der Waals surface area contributed by atoms with Gasteiger partial charge in [-0.15, -0.1) is 0 Å². The summed E-state index contributed by atoms with van der Waals surface area (Å²) in [5, 5.41) is 5.74. The second-order valence-electron chi connectivity index (χ2n) is 5.87. The third kappa shape index (κ3) is 4.55. The van der Waals surface area contributed by atoms with E-state index in [1.54, 1.807) is 0 Å². The minimum absolute atomic E-state index is 0.0172. The number of hydrogen-bond acceptors (Lipinski definition) is 3. The van der Waals surface area contributed by atoms with Gasteiger partial charge in [0.15, 0.2) is 0 Å². The van der Waals surface area contributed by atoms with E-state index in [4.69, 9.17) is 0 Å². The van der Waals surface area contributed by atoms with E-state index >= 15 is 0 Å². The minimum Gasteiger partial charge on any atom is -0.453 e. The first-order valence-corrected chi connectivity index (χ1v) is 6.50. The molecule has 0 aliphatic heterocycles. The number of amides is 2. The molecule has 5 heteroatoms. The van der Waals surface area contributed by atoms with Crippen LogP contribution >= 0.6 is 0 Å². The van der Waals surface area contributed by atoms with Crippen molar-refractivity contribution in [2.45, 2.75) is 58.0 Å². The highest BCUT2D eigenvalue weighted by molar-refractivity contribution is 5.81. The van der Waals surface area contributed by atoms with Gasteiger partial charge in [0.05, 0.1) is 13.0 Å². The monoisotopic (exact) mass is 256 g/mol. The lowest BCUT2D eigenvalue weighted by atomic mass is 9.83. The molecule has 1 rings (SSSR count). The van der Waals surface area contributed by atoms with Crippen LogP contribution in [0, 0.1) is 5.92 Å². The molecule has 1 aliphatic carbocycles. The third-order valence-corrected chi connectivity index (χ3v) is 3.09. The van der Waals surface area contributed by atoms with Crippen molar-refractivity contribution in [3.63, 3.8) is 0 Å². The van der Waals surface area contributed by atoms with Crippen molar-refractivity contribution in [3.05, 3.63) is 0 Å². The molecule has 2 atom stereocenters. The molecule has 0 bridgehead atoms. The van der Waals surface area contributed by atoms with E-state index in [0.29, 0.717) is 0 Å². The highest BCUT2D eigenvalue weighted by Crippen LogP contribution is 2.25. The highest BCUT2D eigenvalue weighted by atomic mass is 16.5. The fourth-order valence-electron chi connectivity index (χ4n) is 2.29. The summed E-state index contributed by atoms with van der Waals surface area (Å²) in [5.41, 5.74) is -0.246. The maximum atomic E-state index is 12.2. The number of nitrogens with one attached hydrogen (secondary N) is 2. The van der Waals surface area contributed by atoms with E-state index < -0.39 is 6.09 Å². The van der Waals surface area contributed by atoms with Crippen molar-refractivity contribution in [2.24, 2.45) is 5.92 Å². The zero-order valence-electron chi connectivity index (χ0n) is 11.7. The summed E-state index contributed by atoms with van der Waals surface area (Å²) in [4.78, 5) is 23.5. The van der Waals surface area contributed by atoms with Crippen LogP contribution < -0.4 is 10.6 Å². The molecule has 0 aromatic carbocycles. The summed E-state index contributed by atoms with van der Waals surface area (Å²) in [7, 11) is 1.34. The molecule has 0 heterocycles. The Morgan fingerprint density at radius 3 is 2.33 bits per heavy atom. The van der Waals surface area contributed by atoms with Crippen LogP contribution in [0.1, 0.15) is 46.5 Å². The zero-order chi connectivity index (χ0) is 13.8. The van der Waals surface area contributed by atoms with Crippen LogP contribution in [0.3, 0.4) is 0 Å².